The molecule has 4 N–H and O–H groups in total. The van der Waals surface area contributed by atoms with Crippen molar-refractivity contribution in [1.29, 1.82) is 0 Å². The van der Waals surface area contributed by atoms with Crippen molar-refractivity contribution in [2.75, 3.05) is 20.8 Å². The Balaban J connectivity index is 2.73. The van der Waals surface area contributed by atoms with Crippen LogP contribution in [0.15, 0.2) is 0 Å². The molecule has 0 bridgehead atoms. The number of hydrogen-bond donors (Lipinski definition) is 4. The number of aliphatic hydroxyl groups excluding tert-OH is 4. The highest BCUT2D eigenvalue weighted by Gasteiger charge is 2.45. The van der Waals surface area contributed by atoms with Crippen LogP contribution in [0.25, 0.3) is 0 Å². The minimum Gasteiger partial charge on any atom is -0.469 e. The second kappa shape index (κ2) is 9.28. The zero-order chi connectivity index (χ0) is 18.4. The topological polar surface area (TPSA) is 143 Å². The van der Waals surface area contributed by atoms with Crippen LogP contribution in [0.2, 0.25) is 0 Å². The van der Waals surface area contributed by atoms with Crippen LogP contribution < -0.4 is 0 Å². The Morgan fingerprint density at radius 2 is 1.54 bits per heavy atom. The molecule has 0 spiro atoms. The van der Waals surface area contributed by atoms with Gasteiger partial charge in [0, 0.05) is 0 Å². The number of esters is 2. The maximum absolute atomic E-state index is 11.9. The summed E-state index contributed by atoms with van der Waals surface area (Å²) in [7, 11) is 2.39. The Morgan fingerprint density at radius 3 is 2.00 bits per heavy atom. The molecule has 0 radical (unpaired) electrons. The van der Waals surface area contributed by atoms with Gasteiger partial charge in [-0.2, -0.15) is 0 Å². The van der Waals surface area contributed by atoms with Crippen molar-refractivity contribution in [2.24, 2.45) is 11.8 Å². The lowest BCUT2D eigenvalue weighted by Gasteiger charge is -2.36. The predicted molar refractivity (Wildman–Crippen MR) is 79.7 cm³/mol. The van der Waals surface area contributed by atoms with E-state index in [1.807, 2.05) is 0 Å². The molecule has 1 fully saturated rings. The first-order valence-corrected chi connectivity index (χ1v) is 7.72. The van der Waals surface area contributed by atoms with Crippen molar-refractivity contribution >= 4 is 11.9 Å². The van der Waals surface area contributed by atoms with E-state index < -0.39 is 54.3 Å². The van der Waals surface area contributed by atoms with Crippen molar-refractivity contribution < 1.29 is 44.2 Å². The number of carbonyl (C=O) groups excluding carboxylic acids is 2. The molecule has 1 aliphatic rings. The van der Waals surface area contributed by atoms with Crippen molar-refractivity contribution in [1.82, 2.24) is 0 Å². The van der Waals surface area contributed by atoms with Gasteiger partial charge < -0.3 is 34.6 Å². The Bertz CT molecular complexity index is 425. The fraction of sp³-hybridized carbons (Fsp3) is 0.867. The van der Waals surface area contributed by atoms with Crippen LogP contribution in [0.5, 0.6) is 0 Å². The SMILES string of the molecule is COC(=O)C1C[C@H](OCC(O)[C@@H](O)C(C)O)C(O)C[C@@H]1C(=O)OC. The van der Waals surface area contributed by atoms with Crippen LogP contribution in [-0.2, 0) is 23.8 Å². The molecule has 9 heteroatoms. The van der Waals surface area contributed by atoms with Crippen LogP contribution in [0.4, 0.5) is 0 Å². The molecule has 0 aliphatic heterocycles. The summed E-state index contributed by atoms with van der Waals surface area (Å²) in [4.78, 5) is 23.7. The van der Waals surface area contributed by atoms with Crippen molar-refractivity contribution in [3.05, 3.63) is 0 Å². The van der Waals surface area contributed by atoms with Gasteiger partial charge in [0.25, 0.3) is 0 Å². The Labute approximate surface area is 140 Å². The Morgan fingerprint density at radius 1 is 1.04 bits per heavy atom. The van der Waals surface area contributed by atoms with E-state index in [0.29, 0.717) is 0 Å². The average Bonchev–Trinajstić information content (AvgIpc) is 2.57. The summed E-state index contributed by atoms with van der Waals surface area (Å²) in [6, 6.07) is 0. The number of methoxy groups -OCH3 is 2. The largest absolute Gasteiger partial charge is 0.469 e. The second-order valence-electron chi connectivity index (χ2n) is 5.97. The van der Waals surface area contributed by atoms with E-state index in [-0.39, 0.29) is 19.4 Å². The van der Waals surface area contributed by atoms with Crippen LogP contribution in [0.1, 0.15) is 19.8 Å². The predicted octanol–water partition coefficient (Wildman–Crippen LogP) is -1.79. The van der Waals surface area contributed by atoms with Gasteiger partial charge in [0.05, 0.1) is 51.0 Å². The van der Waals surface area contributed by atoms with E-state index in [0.717, 1.165) is 0 Å². The fourth-order valence-corrected chi connectivity index (χ4v) is 2.79. The zero-order valence-electron chi connectivity index (χ0n) is 14.0. The molecule has 1 saturated carbocycles. The molecule has 7 atom stereocenters. The third kappa shape index (κ3) is 5.12. The van der Waals surface area contributed by atoms with Crippen LogP contribution in [0.3, 0.4) is 0 Å². The van der Waals surface area contributed by atoms with Gasteiger partial charge >= 0.3 is 11.9 Å². The van der Waals surface area contributed by atoms with Gasteiger partial charge in [-0.05, 0) is 19.8 Å². The molecule has 4 unspecified atom stereocenters. The van der Waals surface area contributed by atoms with Gasteiger partial charge in [-0.1, -0.05) is 0 Å². The van der Waals surface area contributed by atoms with Gasteiger partial charge in [-0.25, -0.2) is 0 Å². The molecule has 140 valence electrons. The van der Waals surface area contributed by atoms with E-state index in [1.54, 1.807) is 0 Å². The lowest BCUT2D eigenvalue weighted by Crippen LogP contribution is -2.48. The second-order valence-corrected chi connectivity index (χ2v) is 5.97. The number of carbonyl (C=O) groups is 2. The monoisotopic (exact) mass is 350 g/mol. The average molecular weight is 350 g/mol. The molecule has 1 rings (SSSR count). The van der Waals surface area contributed by atoms with E-state index in [9.17, 15) is 30.0 Å². The highest BCUT2D eigenvalue weighted by Crippen LogP contribution is 2.34. The van der Waals surface area contributed by atoms with Crippen molar-refractivity contribution in [2.45, 2.75) is 50.3 Å². The summed E-state index contributed by atoms with van der Waals surface area (Å²) in [5.74, 6) is -2.91. The van der Waals surface area contributed by atoms with E-state index in [1.165, 1.54) is 21.1 Å². The lowest BCUT2D eigenvalue weighted by atomic mass is 9.76. The summed E-state index contributed by atoms with van der Waals surface area (Å²) in [6.45, 7) is 0.974. The minimum absolute atomic E-state index is 0.00506. The summed E-state index contributed by atoms with van der Waals surface area (Å²) in [5.41, 5.74) is 0. The van der Waals surface area contributed by atoms with E-state index in [4.69, 9.17) is 4.74 Å². The highest BCUT2D eigenvalue weighted by atomic mass is 16.5. The lowest BCUT2D eigenvalue weighted by molar-refractivity contribution is -0.172. The standard InChI is InChI=1S/C15H26O9/c1-7(16)13(19)11(18)6-24-12-5-9(15(21)23-3)8(4-10(12)17)14(20)22-2/h7-13,16-19H,4-6H2,1-3H3/t7?,8-,9?,10?,11?,12-,13-/m0/s1. The highest BCUT2D eigenvalue weighted by molar-refractivity contribution is 5.82. The molecular weight excluding hydrogens is 324 g/mol. The van der Waals surface area contributed by atoms with Gasteiger partial charge in [-0.3, -0.25) is 9.59 Å². The van der Waals surface area contributed by atoms with Crippen molar-refractivity contribution in [3.63, 3.8) is 0 Å². The number of aliphatic hydroxyl groups is 4. The Hall–Kier alpha value is -1.26. The van der Waals surface area contributed by atoms with Crippen LogP contribution in [-0.4, -0.2) is 83.7 Å². The first kappa shape index (κ1) is 20.8. The normalized spacial score (nSPS) is 31.0. The van der Waals surface area contributed by atoms with Crippen molar-refractivity contribution in [3.8, 4) is 0 Å². The third-order valence-corrected chi connectivity index (χ3v) is 4.27. The van der Waals surface area contributed by atoms with E-state index >= 15 is 0 Å². The quantitative estimate of drug-likeness (QED) is 0.391. The number of rotatable bonds is 7. The molecule has 0 amide bonds. The van der Waals surface area contributed by atoms with Gasteiger partial charge in [-0.15, -0.1) is 0 Å². The molecular formula is C15H26O9. The smallest absolute Gasteiger partial charge is 0.309 e. The molecule has 9 nitrogen and oxygen atoms in total. The van der Waals surface area contributed by atoms with Gasteiger partial charge in [0.1, 0.15) is 12.2 Å². The fourth-order valence-electron chi connectivity index (χ4n) is 2.79. The molecule has 1 aliphatic carbocycles. The summed E-state index contributed by atoms with van der Waals surface area (Å²) < 4.78 is 14.7. The van der Waals surface area contributed by atoms with Crippen LogP contribution >= 0.6 is 0 Å². The molecule has 24 heavy (non-hydrogen) atoms. The van der Waals surface area contributed by atoms with Gasteiger partial charge in [0.2, 0.25) is 0 Å². The number of ether oxygens (including phenoxy) is 3. The molecule has 0 aromatic rings. The van der Waals surface area contributed by atoms with Gasteiger partial charge in [0.15, 0.2) is 0 Å². The summed E-state index contributed by atoms with van der Waals surface area (Å²) >= 11 is 0. The Kier molecular flexibility index (Phi) is 8.04. The summed E-state index contributed by atoms with van der Waals surface area (Å²) in [6.07, 6.45) is -5.82. The maximum atomic E-state index is 11.9. The molecule has 0 aromatic heterocycles. The zero-order valence-corrected chi connectivity index (χ0v) is 14.0. The maximum Gasteiger partial charge on any atom is 0.309 e. The molecule has 0 saturated heterocycles. The third-order valence-electron chi connectivity index (χ3n) is 4.27. The first-order chi connectivity index (χ1) is 11.2. The first-order valence-electron chi connectivity index (χ1n) is 7.72. The summed E-state index contributed by atoms with van der Waals surface area (Å²) in [5, 5.41) is 38.6. The molecule has 0 aromatic carbocycles. The number of hydrogen-bond acceptors (Lipinski definition) is 9. The van der Waals surface area contributed by atoms with E-state index in [2.05, 4.69) is 9.47 Å². The molecule has 0 heterocycles. The minimum atomic E-state index is -1.40. The van der Waals surface area contributed by atoms with Crippen LogP contribution in [0, 0.1) is 11.8 Å².